The zero-order valence-electron chi connectivity index (χ0n) is 17.5. The number of allylic oxidation sites excluding steroid dienone is 5. The SMILES string of the molecule is C=CC1(B2OC(C)(C)C(C)(C)O2)C=CC=CC1B1OC(C)(C)C(C)(C)O1. The van der Waals surface area contributed by atoms with Crippen LogP contribution in [0.25, 0.3) is 0 Å². The molecule has 1 aliphatic carbocycles. The van der Waals surface area contributed by atoms with E-state index >= 15 is 0 Å². The van der Waals surface area contributed by atoms with Crippen molar-refractivity contribution in [2.24, 2.45) is 0 Å². The van der Waals surface area contributed by atoms with Crippen molar-refractivity contribution < 1.29 is 18.6 Å². The van der Waals surface area contributed by atoms with E-state index in [4.69, 9.17) is 18.6 Å². The first-order valence-corrected chi connectivity index (χ1v) is 9.49. The average molecular weight is 358 g/mol. The van der Waals surface area contributed by atoms with Gasteiger partial charge in [-0.05, 0) is 55.4 Å². The summed E-state index contributed by atoms with van der Waals surface area (Å²) < 4.78 is 25.5. The number of hydrogen-bond donors (Lipinski definition) is 0. The molecule has 0 N–H and O–H groups in total. The molecule has 0 spiro atoms. The van der Waals surface area contributed by atoms with Crippen LogP contribution in [0.5, 0.6) is 0 Å². The Kier molecular flexibility index (Phi) is 4.48. The van der Waals surface area contributed by atoms with E-state index in [9.17, 15) is 0 Å². The van der Waals surface area contributed by atoms with Crippen LogP contribution in [0.1, 0.15) is 55.4 Å². The Bertz CT molecular complexity index is 618. The average Bonchev–Trinajstić information content (AvgIpc) is 2.87. The Balaban J connectivity index is 1.97. The van der Waals surface area contributed by atoms with Crippen molar-refractivity contribution in [3.63, 3.8) is 0 Å². The minimum absolute atomic E-state index is 0.0965. The molecule has 26 heavy (non-hydrogen) atoms. The van der Waals surface area contributed by atoms with E-state index in [1.54, 1.807) is 0 Å². The summed E-state index contributed by atoms with van der Waals surface area (Å²) in [6, 6.07) is 0. The van der Waals surface area contributed by atoms with E-state index in [0.29, 0.717) is 0 Å². The molecule has 0 bridgehead atoms. The van der Waals surface area contributed by atoms with E-state index in [1.165, 1.54) is 0 Å². The lowest BCUT2D eigenvalue weighted by Gasteiger charge is -2.38. The van der Waals surface area contributed by atoms with Gasteiger partial charge in [0.15, 0.2) is 0 Å². The molecule has 2 fully saturated rings. The van der Waals surface area contributed by atoms with Crippen molar-refractivity contribution in [2.75, 3.05) is 0 Å². The number of hydrogen-bond acceptors (Lipinski definition) is 4. The van der Waals surface area contributed by atoms with Gasteiger partial charge in [-0.1, -0.05) is 30.4 Å². The van der Waals surface area contributed by atoms with Crippen molar-refractivity contribution in [3.8, 4) is 0 Å². The molecule has 2 atom stereocenters. The molecule has 2 unspecified atom stereocenters. The Hall–Kier alpha value is -0.810. The molecule has 0 aromatic heterocycles. The first-order chi connectivity index (χ1) is 11.8. The van der Waals surface area contributed by atoms with Crippen molar-refractivity contribution in [3.05, 3.63) is 37.0 Å². The van der Waals surface area contributed by atoms with Crippen LogP contribution in [0.3, 0.4) is 0 Å². The summed E-state index contributed by atoms with van der Waals surface area (Å²) in [5.41, 5.74) is -1.61. The van der Waals surface area contributed by atoms with Gasteiger partial charge in [0.1, 0.15) is 0 Å². The fourth-order valence-electron chi connectivity index (χ4n) is 3.63. The third-order valence-electron chi connectivity index (χ3n) is 6.97. The van der Waals surface area contributed by atoms with Crippen LogP contribution in [0.4, 0.5) is 0 Å². The van der Waals surface area contributed by atoms with Crippen LogP contribution in [-0.4, -0.2) is 36.6 Å². The third kappa shape index (κ3) is 2.77. The second-order valence-corrected chi connectivity index (χ2v) is 9.69. The first-order valence-electron chi connectivity index (χ1n) is 9.49. The van der Waals surface area contributed by atoms with Gasteiger partial charge in [0.25, 0.3) is 0 Å². The summed E-state index contributed by atoms with van der Waals surface area (Å²) in [6.07, 6.45) is 10.2. The normalized spacial score (nSPS) is 36.5. The molecule has 2 saturated heterocycles. The predicted molar refractivity (Wildman–Crippen MR) is 107 cm³/mol. The van der Waals surface area contributed by atoms with E-state index in [-0.39, 0.29) is 5.82 Å². The molecule has 4 nitrogen and oxygen atoms in total. The second-order valence-electron chi connectivity index (χ2n) is 9.69. The lowest BCUT2D eigenvalue weighted by atomic mass is 9.42. The molecule has 0 aromatic rings. The van der Waals surface area contributed by atoms with Gasteiger partial charge in [-0.3, -0.25) is 0 Å². The monoisotopic (exact) mass is 358 g/mol. The minimum atomic E-state index is -0.568. The molecule has 6 heteroatoms. The summed E-state index contributed by atoms with van der Waals surface area (Å²) in [5, 5.41) is -0.568. The summed E-state index contributed by atoms with van der Waals surface area (Å²) >= 11 is 0. The Labute approximate surface area is 159 Å². The maximum Gasteiger partial charge on any atom is 0.472 e. The predicted octanol–water partition coefficient (Wildman–Crippen LogP) is 4.59. The Morgan fingerprint density at radius 2 is 1.23 bits per heavy atom. The molecule has 3 rings (SSSR count). The van der Waals surface area contributed by atoms with Crippen LogP contribution >= 0.6 is 0 Å². The third-order valence-corrected chi connectivity index (χ3v) is 6.97. The van der Waals surface area contributed by atoms with Crippen LogP contribution < -0.4 is 0 Å². The fraction of sp³-hybridized carbons (Fsp3) is 0.700. The highest BCUT2D eigenvalue weighted by Crippen LogP contribution is 2.57. The van der Waals surface area contributed by atoms with Gasteiger partial charge in [0.05, 0.1) is 22.4 Å². The quantitative estimate of drug-likeness (QED) is 0.546. The van der Waals surface area contributed by atoms with Crippen molar-refractivity contribution in [1.82, 2.24) is 0 Å². The van der Waals surface area contributed by atoms with Crippen LogP contribution in [0, 0.1) is 0 Å². The Morgan fingerprint density at radius 3 is 1.69 bits per heavy atom. The zero-order chi connectivity index (χ0) is 19.6. The molecular weight excluding hydrogens is 326 g/mol. The lowest BCUT2D eigenvalue weighted by molar-refractivity contribution is 0.00578. The maximum atomic E-state index is 6.40. The summed E-state index contributed by atoms with van der Waals surface area (Å²) in [5.74, 6) is -0.0965. The second kappa shape index (κ2) is 5.84. The van der Waals surface area contributed by atoms with Gasteiger partial charge in [0.2, 0.25) is 0 Å². The highest BCUT2D eigenvalue weighted by molar-refractivity contribution is 6.58. The molecule has 2 aliphatic heterocycles. The van der Waals surface area contributed by atoms with E-state index in [2.05, 4.69) is 74.1 Å². The van der Waals surface area contributed by atoms with Crippen molar-refractivity contribution in [2.45, 2.75) is 88.9 Å². The molecular formula is C20H32B2O4. The van der Waals surface area contributed by atoms with Gasteiger partial charge in [-0.25, -0.2) is 0 Å². The summed E-state index contributed by atoms with van der Waals surface area (Å²) in [6.45, 7) is 20.7. The number of rotatable bonds is 3. The van der Waals surface area contributed by atoms with Crippen LogP contribution in [0.2, 0.25) is 11.1 Å². The summed E-state index contributed by atoms with van der Waals surface area (Å²) in [4.78, 5) is 0. The van der Waals surface area contributed by atoms with Gasteiger partial charge < -0.3 is 18.6 Å². The minimum Gasteiger partial charge on any atom is -0.403 e. The van der Waals surface area contributed by atoms with Crippen LogP contribution in [-0.2, 0) is 18.6 Å². The lowest BCUT2D eigenvalue weighted by Crippen LogP contribution is -2.43. The summed E-state index contributed by atoms with van der Waals surface area (Å²) in [7, 11) is -0.867. The van der Waals surface area contributed by atoms with Crippen molar-refractivity contribution in [1.29, 1.82) is 0 Å². The first kappa shape index (κ1) is 19.9. The molecule has 0 saturated carbocycles. The molecule has 0 amide bonds. The zero-order valence-corrected chi connectivity index (χ0v) is 17.5. The van der Waals surface area contributed by atoms with E-state index in [1.807, 2.05) is 18.2 Å². The Morgan fingerprint density at radius 1 is 0.769 bits per heavy atom. The van der Waals surface area contributed by atoms with Crippen LogP contribution in [0.15, 0.2) is 37.0 Å². The molecule has 142 valence electrons. The van der Waals surface area contributed by atoms with Gasteiger partial charge in [0, 0.05) is 11.1 Å². The molecule has 0 aromatic carbocycles. The fourth-order valence-corrected chi connectivity index (χ4v) is 3.63. The van der Waals surface area contributed by atoms with Gasteiger partial charge in [-0.15, -0.1) is 6.58 Å². The topological polar surface area (TPSA) is 36.9 Å². The van der Waals surface area contributed by atoms with Gasteiger partial charge >= 0.3 is 14.2 Å². The standard InChI is InChI=1S/C20H32B2O4/c1-10-20(22-25-18(6,7)19(8,9)26-22)14-12-11-13-15(20)21-23-16(2,3)17(4,5)24-21/h10-15H,1H2,2-9H3. The van der Waals surface area contributed by atoms with Gasteiger partial charge in [-0.2, -0.15) is 0 Å². The smallest absolute Gasteiger partial charge is 0.403 e. The largest absolute Gasteiger partial charge is 0.472 e. The highest BCUT2D eigenvalue weighted by atomic mass is 16.7. The molecule has 3 aliphatic rings. The van der Waals surface area contributed by atoms with E-state index < -0.39 is 42.0 Å². The molecule has 2 heterocycles. The highest BCUT2D eigenvalue weighted by Gasteiger charge is 2.65. The maximum absolute atomic E-state index is 6.40. The molecule has 0 radical (unpaired) electrons. The van der Waals surface area contributed by atoms with Crippen molar-refractivity contribution >= 4 is 14.2 Å². The van der Waals surface area contributed by atoms with E-state index in [0.717, 1.165) is 0 Å².